The lowest BCUT2D eigenvalue weighted by atomic mass is 10.1. The van der Waals surface area contributed by atoms with Crippen LogP contribution in [0.4, 0.5) is 10.1 Å². The Morgan fingerprint density at radius 2 is 1.87 bits per heavy atom. The summed E-state index contributed by atoms with van der Waals surface area (Å²) >= 11 is 0. The number of rotatable bonds is 7. The van der Waals surface area contributed by atoms with E-state index in [0.29, 0.717) is 51.4 Å². The molecule has 9 nitrogen and oxygen atoms in total. The van der Waals surface area contributed by atoms with Crippen molar-refractivity contribution in [1.29, 1.82) is 0 Å². The number of hydrogen-bond acceptors (Lipinski definition) is 6. The van der Waals surface area contributed by atoms with E-state index in [-0.39, 0.29) is 11.7 Å². The zero-order valence-corrected chi connectivity index (χ0v) is 20.5. The zero-order chi connectivity index (χ0) is 26.1. The van der Waals surface area contributed by atoms with Crippen molar-refractivity contribution in [2.45, 2.75) is 26.2 Å². The average Bonchev–Trinajstić information content (AvgIpc) is 3.55. The zero-order valence-electron chi connectivity index (χ0n) is 20.5. The van der Waals surface area contributed by atoms with Crippen LogP contribution in [0.2, 0.25) is 0 Å². The molecule has 188 valence electrons. The molecule has 5 aromatic heterocycles. The summed E-state index contributed by atoms with van der Waals surface area (Å²) in [6.45, 7) is 2.05. The number of carbonyl (C=O) groups excluding carboxylic acids is 1. The maximum Gasteiger partial charge on any atom is 0.224 e. The van der Waals surface area contributed by atoms with E-state index >= 15 is 0 Å². The first-order valence-corrected chi connectivity index (χ1v) is 12.3. The van der Waals surface area contributed by atoms with Gasteiger partial charge in [0.2, 0.25) is 5.91 Å². The van der Waals surface area contributed by atoms with Gasteiger partial charge in [0.1, 0.15) is 11.5 Å². The largest absolute Gasteiger partial charge is 0.335 e. The van der Waals surface area contributed by atoms with Crippen molar-refractivity contribution in [2.75, 3.05) is 5.32 Å². The summed E-state index contributed by atoms with van der Waals surface area (Å²) in [5, 5.41) is 11.1. The molecule has 6 aromatic rings. The Hall–Kier alpha value is -4.99. The van der Waals surface area contributed by atoms with Gasteiger partial charge in [0.05, 0.1) is 34.5 Å². The van der Waals surface area contributed by atoms with Crippen LogP contribution in [0.15, 0.2) is 67.4 Å². The maximum absolute atomic E-state index is 13.9. The van der Waals surface area contributed by atoms with E-state index in [2.05, 4.69) is 35.5 Å². The quantitative estimate of drug-likeness (QED) is 0.248. The highest BCUT2D eigenvalue weighted by Crippen LogP contribution is 2.32. The summed E-state index contributed by atoms with van der Waals surface area (Å²) in [7, 11) is 0. The number of H-pyrrole nitrogens is 2. The molecule has 1 amide bonds. The summed E-state index contributed by atoms with van der Waals surface area (Å²) in [5.74, 6) is 0.172. The Labute approximate surface area is 216 Å². The molecule has 0 atom stereocenters. The van der Waals surface area contributed by atoms with Gasteiger partial charge in [-0.15, -0.1) is 0 Å². The van der Waals surface area contributed by atoms with Gasteiger partial charge in [-0.25, -0.2) is 14.4 Å². The van der Waals surface area contributed by atoms with Crippen molar-refractivity contribution in [3.8, 4) is 33.8 Å². The topological polar surface area (TPSA) is 125 Å². The number of aromatic nitrogens is 7. The molecule has 0 aliphatic rings. The molecule has 0 bridgehead atoms. The van der Waals surface area contributed by atoms with Gasteiger partial charge in [0.25, 0.3) is 0 Å². The minimum atomic E-state index is -0.328. The molecule has 0 saturated heterocycles. The van der Waals surface area contributed by atoms with E-state index in [0.717, 1.165) is 29.4 Å². The van der Waals surface area contributed by atoms with Gasteiger partial charge in [0.15, 0.2) is 11.5 Å². The van der Waals surface area contributed by atoms with E-state index in [1.165, 1.54) is 12.1 Å². The number of amides is 1. The molecule has 3 N–H and O–H groups in total. The lowest BCUT2D eigenvalue weighted by Gasteiger charge is -2.07. The van der Waals surface area contributed by atoms with Crippen LogP contribution in [0, 0.1) is 5.82 Å². The maximum atomic E-state index is 13.9. The third kappa shape index (κ3) is 4.47. The van der Waals surface area contributed by atoms with Crippen LogP contribution >= 0.6 is 0 Å². The molecule has 0 aliphatic carbocycles. The van der Waals surface area contributed by atoms with E-state index in [9.17, 15) is 9.18 Å². The van der Waals surface area contributed by atoms with Gasteiger partial charge in [-0.3, -0.25) is 19.9 Å². The van der Waals surface area contributed by atoms with E-state index in [1.807, 2.05) is 25.1 Å². The number of hydrogen-bond donors (Lipinski definition) is 3. The number of benzene rings is 1. The van der Waals surface area contributed by atoms with Gasteiger partial charge in [-0.05, 0) is 36.2 Å². The van der Waals surface area contributed by atoms with Crippen LogP contribution in [0.25, 0.3) is 55.8 Å². The molecule has 0 fully saturated rings. The normalized spacial score (nSPS) is 11.3. The standard InChI is InChI=1S/C28H23FN8O/c1-2-3-7-24(38)33-20-9-17(11-30-13-20)18-10-21-26(36-37-27(21)32-12-18)28-34-23-15-31-14-22(25(23)35-28)16-5-4-6-19(29)8-16/h4-6,8-15H,2-3,7H2,1H3,(H,33,38)(H,34,35)(H,32,36,37). The third-order valence-corrected chi connectivity index (χ3v) is 6.28. The Balaban J connectivity index is 1.37. The molecule has 5 heterocycles. The van der Waals surface area contributed by atoms with Gasteiger partial charge >= 0.3 is 0 Å². The molecule has 0 aliphatic heterocycles. The van der Waals surface area contributed by atoms with Crippen LogP contribution in [0.3, 0.4) is 0 Å². The first-order chi connectivity index (χ1) is 18.6. The number of anilines is 1. The number of nitrogens with one attached hydrogen (secondary N) is 3. The number of imidazole rings is 1. The molecule has 0 radical (unpaired) electrons. The minimum Gasteiger partial charge on any atom is -0.335 e. The fraction of sp³-hybridized carbons (Fsp3) is 0.143. The fourth-order valence-electron chi connectivity index (χ4n) is 4.38. The lowest BCUT2D eigenvalue weighted by molar-refractivity contribution is -0.116. The number of pyridine rings is 3. The van der Waals surface area contributed by atoms with Crippen molar-refractivity contribution in [3.05, 3.63) is 73.2 Å². The second kappa shape index (κ2) is 9.81. The first kappa shape index (κ1) is 23.4. The number of fused-ring (bicyclic) bond motifs is 2. The summed E-state index contributed by atoms with van der Waals surface area (Å²) in [4.78, 5) is 33.4. The van der Waals surface area contributed by atoms with Crippen LogP contribution in [0.1, 0.15) is 26.2 Å². The molecule has 0 spiro atoms. The lowest BCUT2D eigenvalue weighted by Crippen LogP contribution is -2.11. The summed E-state index contributed by atoms with van der Waals surface area (Å²) in [6, 6.07) is 10.2. The molecule has 6 rings (SSSR count). The molecular weight excluding hydrogens is 483 g/mol. The number of carbonyl (C=O) groups is 1. The average molecular weight is 507 g/mol. The summed E-state index contributed by atoms with van der Waals surface area (Å²) in [5.41, 5.74) is 6.22. The van der Waals surface area contributed by atoms with Crippen molar-refractivity contribution >= 4 is 33.7 Å². The van der Waals surface area contributed by atoms with Crippen LogP contribution < -0.4 is 5.32 Å². The van der Waals surface area contributed by atoms with E-state index in [1.54, 1.807) is 37.1 Å². The Morgan fingerprint density at radius 3 is 2.74 bits per heavy atom. The Morgan fingerprint density at radius 1 is 1.00 bits per heavy atom. The summed E-state index contributed by atoms with van der Waals surface area (Å²) < 4.78 is 13.9. The number of nitrogens with zero attached hydrogens (tertiary/aromatic N) is 5. The van der Waals surface area contributed by atoms with Crippen LogP contribution in [-0.2, 0) is 4.79 Å². The molecule has 38 heavy (non-hydrogen) atoms. The van der Waals surface area contributed by atoms with Crippen LogP contribution in [0.5, 0.6) is 0 Å². The van der Waals surface area contributed by atoms with Gasteiger partial charge in [-0.2, -0.15) is 5.10 Å². The highest BCUT2D eigenvalue weighted by molar-refractivity contribution is 5.97. The second-order valence-corrected chi connectivity index (χ2v) is 8.99. The Bertz CT molecular complexity index is 1790. The van der Waals surface area contributed by atoms with Gasteiger partial charge < -0.3 is 10.3 Å². The molecule has 10 heteroatoms. The molecule has 0 unspecified atom stereocenters. The van der Waals surface area contributed by atoms with Crippen molar-refractivity contribution in [1.82, 2.24) is 35.1 Å². The van der Waals surface area contributed by atoms with Crippen molar-refractivity contribution < 1.29 is 9.18 Å². The predicted molar refractivity (Wildman–Crippen MR) is 144 cm³/mol. The first-order valence-electron chi connectivity index (χ1n) is 12.3. The third-order valence-electron chi connectivity index (χ3n) is 6.28. The van der Waals surface area contributed by atoms with E-state index in [4.69, 9.17) is 4.98 Å². The molecular formula is C28H23FN8O. The highest BCUT2D eigenvalue weighted by Gasteiger charge is 2.17. The van der Waals surface area contributed by atoms with E-state index < -0.39 is 0 Å². The van der Waals surface area contributed by atoms with Gasteiger partial charge in [-0.1, -0.05) is 25.5 Å². The minimum absolute atomic E-state index is 0.0338. The predicted octanol–water partition coefficient (Wildman–Crippen LogP) is 5.89. The van der Waals surface area contributed by atoms with Gasteiger partial charge in [0, 0.05) is 41.7 Å². The summed E-state index contributed by atoms with van der Waals surface area (Å²) in [6.07, 6.45) is 10.7. The number of aromatic amines is 2. The highest BCUT2D eigenvalue weighted by atomic mass is 19.1. The van der Waals surface area contributed by atoms with Crippen molar-refractivity contribution in [3.63, 3.8) is 0 Å². The number of unbranched alkanes of at least 4 members (excludes halogenated alkanes) is 1. The smallest absolute Gasteiger partial charge is 0.224 e. The second-order valence-electron chi connectivity index (χ2n) is 8.99. The SMILES string of the molecule is CCCCC(=O)Nc1cncc(-c2cnc3[nH]nc(-c4nc5c(-c6cccc(F)c6)cncc5[nH]4)c3c2)c1. The number of halogens is 1. The molecule has 1 aromatic carbocycles. The van der Waals surface area contributed by atoms with Crippen LogP contribution in [-0.4, -0.2) is 41.0 Å². The van der Waals surface area contributed by atoms with Crippen molar-refractivity contribution in [2.24, 2.45) is 0 Å². The fourth-order valence-corrected chi connectivity index (χ4v) is 4.38. The molecule has 0 saturated carbocycles. The Kier molecular flexibility index (Phi) is 6.04. The monoisotopic (exact) mass is 506 g/mol.